The van der Waals surface area contributed by atoms with Gasteiger partial charge in [0, 0.05) is 29.8 Å². The Bertz CT molecular complexity index is 370. The zero-order valence-corrected chi connectivity index (χ0v) is 13.3. The summed E-state index contributed by atoms with van der Waals surface area (Å²) < 4.78 is 5.85. The molecule has 1 rings (SSSR count). The Kier molecular flexibility index (Phi) is 5.32. The van der Waals surface area contributed by atoms with Crippen molar-refractivity contribution >= 4 is 11.3 Å². The van der Waals surface area contributed by atoms with Gasteiger partial charge in [-0.3, -0.25) is 0 Å². The number of ether oxygens (including phenoxy) is 1. The first-order valence-corrected chi connectivity index (χ1v) is 7.46. The normalized spacial score (nSPS) is 15.7. The second-order valence-corrected chi connectivity index (χ2v) is 6.87. The van der Waals surface area contributed by atoms with Crippen molar-refractivity contribution in [3.63, 3.8) is 0 Å². The van der Waals surface area contributed by atoms with Crippen LogP contribution in [0.2, 0.25) is 0 Å². The van der Waals surface area contributed by atoms with Crippen LogP contribution in [0.5, 0.6) is 0 Å². The Morgan fingerprint density at radius 3 is 2.44 bits per heavy atom. The standard InChI is InChI=1S/C14H26N2OS/c1-7-14(6,17-8-2)12-15-9-11(18-12)10-16-13(3,4)5/h9,16H,7-8,10H2,1-6H3. The molecule has 1 N–H and O–H groups in total. The summed E-state index contributed by atoms with van der Waals surface area (Å²) in [6.07, 6.45) is 2.91. The van der Waals surface area contributed by atoms with Crippen molar-refractivity contribution in [1.29, 1.82) is 0 Å². The number of hydrogen-bond donors (Lipinski definition) is 1. The van der Waals surface area contributed by atoms with E-state index in [4.69, 9.17) is 4.74 Å². The number of rotatable bonds is 6. The summed E-state index contributed by atoms with van der Waals surface area (Å²) in [4.78, 5) is 5.80. The zero-order valence-electron chi connectivity index (χ0n) is 12.5. The van der Waals surface area contributed by atoms with Crippen molar-refractivity contribution in [3.05, 3.63) is 16.1 Å². The molecule has 0 aliphatic carbocycles. The van der Waals surface area contributed by atoms with Crippen LogP contribution in [0.1, 0.15) is 57.8 Å². The summed E-state index contributed by atoms with van der Waals surface area (Å²) in [5.41, 5.74) is -0.0997. The van der Waals surface area contributed by atoms with E-state index < -0.39 is 0 Å². The van der Waals surface area contributed by atoms with Gasteiger partial charge < -0.3 is 10.1 Å². The lowest BCUT2D eigenvalue weighted by Crippen LogP contribution is -2.34. The highest BCUT2D eigenvalue weighted by Crippen LogP contribution is 2.32. The van der Waals surface area contributed by atoms with E-state index in [1.807, 2.05) is 13.1 Å². The maximum Gasteiger partial charge on any atom is 0.125 e. The van der Waals surface area contributed by atoms with Gasteiger partial charge in [-0.25, -0.2) is 4.98 Å². The molecule has 0 saturated carbocycles. The summed E-state index contributed by atoms with van der Waals surface area (Å²) >= 11 is 1.75. The van der Waals surface area contributed by atoms with Gasteiger partial charge in [0.25, 0.3) is 0 Å². The second-order valence-electron chi connectivity index (χ2n) is 5.75. The van der Waals surface area contributed by atoms with Crippen molar-refractivity contribution in [1.82, 2.24) is 10.3 Å². The Labute approximate surface area is 115 Å². The minimum absolute atomic E-state index is 0.137. The molecule has 0 aromatic carbocycles. The first-order chi connectivity index (χ1) is 8.30. The monoisotopic (exact) mass is 270 g/mol. The minimum atomic E-state index is -0.237. The van der Waals surface area contributed by atoms with E-state index in [1.54, 1.807) is 11.3 Å². The topological polar surface area (TPSA) is 34.1 Å². The highest BCUT2D eigenvalue weighted by molar-refractivity contribution is 7.11. The van der Waals surface area contributed by atoms with Crippen molar-refractivity contribution in [2.24, 2.45) is 0 Å². The van der Waals surface area contributed by atoms with E-state index in [1.165, 1.54) is 4.88 Å². The molecule has 0 radical (unpaired) electrons. The summed E-state index contributed by atoms with van der Waals surface area (Å²) in [5, 5.41) is 4.56. The predicted octanol–water partition coefficient (Wildman–Crippen LogP) is 3.69. The lowest BCUT2D eigenvalue weighted by molar-refractivity contribution is -0.0324. The van der Waals surface area contributed by atoms with E-state index in [9.17, 15) is 0 Å². The van der Waals surface area contributed by atoms with E-state index >= 15 is 0 Å². The maximum atomic E-state index is 5.85. The number of hydrogen-bond acceptors (Lipinski definition) is 4. The molecular formula is C14H26N2OS. The molecular weight excluding hydrogens is 244 g/mol. The van der Waals surface area contributed by atoms with Gasteiger partial charge in [-0.1, -0.05) is 6.92 Å². The molecule has 1 aromatic rings. The molecule has 0 amide bonds. The Hall–Kier alpha value is -0.450. The van der Waals surface area contributed by atoms with E-state index in [0.717, 1.165) is 24.6 Å². The van der Waals surface area contributed by atoms with E-state index in [2.05, 4.69) is 44.9 Å². The van der Waals surface area contributed by atoms with Crippen LogP contribution in [0.4, 0.5) is 0 Å². The molecule has 1 aromatic heterocycles. The highest BCUT2D eigenvalue weighted by atomic mass is 32.1. The van der Waals surface area contributed by atoms with Crippen molar-refractivity contribution in [3.8, 4) is 0 Å². The molecule has 0 spiro atoms. The van der Waals surface area contributed by atoms with E-state index in [0.29, 0.717) is 0 Å². The van der Waals surface area contributed by atoms with E-state index in [-0.39, 0.29) is 11.1 Å². The van der Waals surface area contributed by atoms with Crippen molar-refractivity contribution < 1.29 is 4.74 Å². The van der Waals surface area contributed by atoms with Crippen LogP contribution < -0.4 is 5.32 Å². The Morgan fingerprint density at radius 1 is 1.28 bits per heavy atom. The summed E-state index contributed by atoms with van der Waals surface area (Å²) in [6, 6.07) is 0. The van der Waals surface area contributed by atoms with Gasteiger partial charge in [0.15, 0.2) is 0 Å². The van der Waals surface area contributed by atoms with Crippen molar-refractivity contribution in [2.75, 3.05) is 6.61 Å². The molecule has 18 heavy (non-hydrogen) atoms. The predicted molar refractivity (Wildman–Crippen MR) is 78.0 cm³/mol. The van der Waals surface area contributed by atoms with Gasteiger partial charge in [-0.05, 0) is 41.0 Å². The lowest BCUT2D eigenvalue weighted by Gasteiger charge is -2.25. The maximum absolute atomic E-state index is 5.85. The molecule has 0 aliphatic rings. The average Bonchev–Trinajstić information content (AvgIpc) is 2.75. The molecule has 0 saturated heterocycles. The fourth-order valence-corrected chi connectivity index (χ4v) is 2.64. The summed E-state index contributed by atoms with van der Waals surface area (Å²) in [6.45, 7) is 14.4. The zero-order chi connectivity index (χ0) is 13.8. The van der Waals surface area contributed by atoms with Gasteiger partial charge in [0.1, 0.15) is 10.6 Å². The third-order valence-corrected chi connectivity index (χ3v) is 4.18. The van der Waals surface area contributed by atoms with Crippen LogP contribution in [0, 0.1) is 0 Å². The summed E-state index contributed by atoms with van der Waals surface area (Å²) in [7, 11) is 0. The van der Waals surface area contributed by atoms with Crippen LogP contribution in [-0.4, -0.2) is 17.1 Å². The van der Waals surface area contributed by atoms with Gasteiger partial charge in [0.05, 0.1) is 0 Å². The number of nitrogens with one attached hydrogen (secondary N) is 1. The minimum Gasteiger partial charge on any atom is -0.368 e. The number of nitrogens with zero attached hydrogens (tertiary/aromatic N) is 1. The molecule has 0 fully saturated rings. The van der Waals surface area contributed by atoms with Crippen LogP contribution >= 0.6 is 11.3 Å². The van der Waals surface area contributed by atoms with Gasteiger partial charge in [0.2, 0.25) is 0 Å². The Morgan fingerprint density at radius 2 is 1.94 bits per heavy atom. The number of thiazole rings is 1. The first-order valence-electron chi connectivity index (χ1n) is 6.65. The van der Waals surface area contributed by atoms with Crippen LogP contribution in [-0.2, 0) is 16.9 Å². The molecule has 0 aliphatic heterocycles. The SMILES string of the molecule is CCOC(C)(CC)c1ncc(CNC(C)(C)C)s1. The molecule has 1 unspecified atom stereocenters. The second kappa shape index (κ2) is 6.13. The fraction of sp³-hybridized carbons (Fsp3) is 0.786. The Balaban J connectivity index is 2.73. The van der Waals surface area contributed by atoms with Gasteiger partial charge in [-0.2, -0.15) is 0 Å². The third-order valence-electron chi connectivity index (χ3n) is 2.94. The highest BCUT2D eigenvalue weighted by Gasteiger charge is 2.28. The average molecular weight is 270 g/mol. The molecule has 0 bridgehead atoms. The largest absolute Gasteiger partial charge is 0.368 e. The van der Waals surface area contributed by atoms with Crippen LogP contribution in [0.15, 0.2) is 6.20 Å². The molecule has 1 heterocycles. The lowest BCUT2D eigenvalue weighted by atomic mass is 10.1. The number of aromatic nitrogens is 1. The summed E-state index contributed by atoms with van der Waals surface area (Å²) in [5.74, 6) is 0. The van der Waals surface area contributed by atoms with Crippen LogP contribution in [0.25, 0.3) is 0 Å². The van der Waals surface area contributed by atoms with Crippen LogP contribution in [0.3, 0.4) is 0 Å². The molecule has 104 valence electrons. The molecule has 4 heteroatoms. The van der Waals surface area contributed by atoms with Gasteiger partial charge >= 0.3 is 0 Å². The van der Waals surface area contributed by atoms with Gasteiger partial charge in [-0.15, -0.1) is 11.3 Å². The fourth-order valence-electron chi connectivity index (χ4n) is 1.62. The third kappa shape index (κ3) is 4.34. The molecule has 3 nitrogen and oxygen atoms in total. The first kappa shape index (κ1) is 15.6. The van der Waals surface area contributed by atoms with Crippen molar-refractivity contribution in [2.45, 2.75) is 65.6 Å². The smallest absolute Gasteiger partial charge is 0.125 e. The quantitative estimate of drug-likeness (QED) is 0.856. The molecule has 1 atom stereocenters.